The van der Waals surface area contributed by atoms with Crippen molar-refractivity contribution < 1.29 is 9.47 Å². The molecule has 1 aromatic rings. The molecule has 0 saturated carbocycles. The predicted octanol–water partition coefficient (Wildman–Crippen LogP) is 0.990. The van der Waals surface area contributed by atoms with Crippen molar-refractivity contribution >= 4 is 0 Å². The van der Waals surface area contributed by atoms with Gasteiger partial charge in [0.1, 0.15) is 0 Å². The number of hydrogen-bond acceptors (Lipinski definition) is 4. The highest BCUT2D eigenvalue weighted by Gasteiger charge is 2.15. The second-order valence-electron chi connectivity index (χ2n) is 3.59. The summed E-state index contributed by atoms with van der Waals surface area (Å²) in [6, 6.07) is 4.07. The number of rotatable bonds is 4. The summed E-state index contributed by atoms with van der Waals surface area (Å²) in [5, 5.41) is 6.32. The molecular formula is C11H16N2O2. The van der Waals surface area contributed by atoms with Crippen LogP contribution >= 0.6 is 0 Å². The minimum absolute atomic E-state index is 0.335. The van der Waals surface area contributed by atoms with Gasteiger partial charge in [0.15, 0.2) is 11.5 Å². The maximum Gasteiger partial charge on any atom is 0.231 e. The lowest BCUT2D eigenvalue weighted by molar-refractivity contribution is 0.174. The number of ether oxygens (including phenoxy) is 2. The second-order valence-corrected chi connectivity index (χ2v) is 3.59. The van der Waals surface area contributed by atoms with Crippen LogP contribution in [0.1, 0.15) is 11.1 Å². The fourth-order valence-corrected chi connectivity index (χ4v) is 1.60. The third-order valence-corrected chi connectivity index (χ3v) is 2.45. The number of benzene rings is 1. The Hall–Kier alpha value is -1.26. The van der Waals surface area contributed by atoms with Gasteiger partial charge in [-0.2, -0.15) is 0 Å². The van der Waals surface area contributed by atoms with Crippen LogP contribution in [0.15, 0.2) is 12.1 Å². The first kappa shape index (κ1) is 10.3. The zero-order valence-corrected chi connectivity index (χ0v) is 9.09. The summed E-state index contributed by atoms with van der Waals surface area (Å²) in [7, 11) is 1.92. The number of hydrogen-bond donors (Lipinski definition) is 2. The van der Waals surface area contributed by atoms with Crippen molar-refractivity contribution in [3.05, 3.63) is 23.3 Å². The van der Waals surface area contributed by atoms with Crippen LogP contribution in [0, 0.1) is 6.92 Å². The van der Waals surface area contributed by atoms with Crippen molar-refractivity contribution in [1.29, 1.82) is 0 Å². The summed E-state index contributed by atoms with van der Waals surface area (Å²) in [6.45, 7) is 4.05. The van der Waals surface area contributed by atoms with Crippen LogP contribution in [0.3, 0.4) is 0 Å². The van der Waals surface area contributed by atoms with Gasteiger partial charge in [0.25, 0.3) is 0 Å². The molecule has 0 radical (unpaired) electrons. The van der Waals surface area contributed by atoms with Crippen LogP contribution < -0.4 is 20.1 Å². The highest BCUT2D eigenvalue weighted by Crippen LogP contribution is 2.34. The first-order valence-corrected chi connectivity index (χ1v) is 5.05. The molecule has 2 N–H and O–H groups in total. The normalized spacial score (nSPS) is 13.2. The molecule has 0 fully saturated rings. The van der Waals surface area contributed by atoms with Gasteiger partial charge in [-0.1, -0.05) is 0 Å². The van der Waals surface area contributed by atoms with E-state index >= 15 is 0 Å². The monoisotopic (exact) mass is 208 g/mol. The van der Waals surface area contributed by atoms with Gasteiger partial charge in [-0.25, -0.2) is 0 Å². The largest absolute Gasteiger partial charge is 0.454 e. The van der Waals surface area contributed by atoms with Gasteiger partial charge in [0.2, 0.25) is 6.79 Å². The summed E-state index contributed by atoms with van der Waals surface area (Å²) in [5.41, 5.74) is 2.47. The lowest BCUT2D eigenvalue weighted by Gasteiger charge is -2.08. The molecule has 1 aliphatic rings. The Labute approximate surface area is 89.6 Å². The van der Waals surface area contributed by atoms with Crippen LogP contribution in [0.25, 0.3) is 0 Å². The van der Waals surface area contributed by atoms with Crippen LogP contribution in [-0.4, -0.2) is 20.5 Å². The zero-order chi connectivity index (χ0) is 10.7. The minimum atomic E-state index is 0.335. The van der Waals surface area contributed by atoms with E-state index < -0.39 is 0 Å². The average molecular weight is 208 g/mol. The fraction of sp³-hybridized carbons (Fsp3) is 0.455. The van der Waals surface area contributed by atoms with E-state index in [9.17, 15) is 0 Å². The van der Waals surface area contributed by atoms with Gasteiger partial charge in [-0.15, -0.1) is 0 Å². The Morgan fingerprint density at radius 1 is 1.27 bits per heavy atom. The van der Waals surface area contributed by atoms with Crippen molar-refractivity contribution in [1.82, 2.24) is 10.6 Å². The molecule has 0 atom stereocenters. The minimum Gasteiger partial charge on any atom is -0.454 e. The SMILES string of the molecule is CNCNCc1cc2c(cc1C)OCO2. The van der Waals surface area contributed by atoms with Crippen LogP contribution in [0.5, 0.6) is 11.5 Å². The van der Waals surface area contributed by atoms with Gasteiger partial charge < -0.3 is 20.1 Å². The second kappa shape index (κ2) is 4.51. The van der Waals surface area contributed by atoms with Crippen molar-refractivity contribution in [3.8, 4) is 11.5 Å². The lowest BCUT2D eigenvalue weighted by atomic mass is 10.1. The van der Waals surface area contributed by atoms with Gasteiger partial charge in [0.05, 0.1) is 0 Å². The summed E-state index contributed by atoms with van der Waals surface area (Å²) in [4.78, 5) is 0. The molecule has 0 saturated heterocycles. The number of aryl methyl sites for hydroxylation is 1. The Kier molecular flexibility index (Phi) is 3.08. The molecule has 4 heteroatoms. The first-order valence-electron chi connectivity index (χ1n) is 5.05. The number of fused-ring (bicyclic) bond motifs is 1. The first-order chi connectivity index (χ1) is 7.31. The molecule has 0 spiro atoms. The van der Waals surface area contributed by atoms with E-state index in [2.05, 4.69) is 17.6 Å². The van der Waals surface area contributed by atoms with E-state index in [0.29, 0.717) is 6.79 Å². The molecule has 0 aliphatic carbocycles. The third-order valence-electron chi connectivity index (χ3n) is 2.45. The molecule has 1 aromatic carbocycles. The molecule has 1 heterocycles. The van der Waals surface area contributed by atoms with Crippen LogP contribution in [0.4, 0.5) is 0 Å². The molecule has 1 aliphatic heterocycles. The van der Waals surface area contributed by atoms with Gasteiger partial charge in [-0.05, 0) is 37.2 Å². The number of nitrogens with one attached hydrogen (secondary N) is 2. The lowest BCUT2D eigenvalue weighted by Crippen LogP contribution is -2.25. The molecule has 0 aromatic heterocycles. The molecule has 4 nitrogen and oxygen atoms in total. The van der Waals surface area contributed by atoms with Crippen molar-refractivity contribution in [2.24, 2.45) is 0 Å². The van der Waals surface area contributed by atoms with E-state index in [0.717, 1.165) is 24.7 Å². The van der Waals surface area contributed by atoms with Crippen LogP contribution in [-0.2, 0) is 6.54 Å². The Bertz CT molecular complexity index is 353. The molecule has 0 amide bonds. The molecular weight excluding hydrogens is 192 g/mol. The van der Waals surface area contributed by atoms with Gasteiger partial charge in [0, 0.05) is 13.2 Å². The van der Waals surface area contributed by atoms with Crippen molar-refractivity contribution in [2.75, 3.05) is 20.5 Å². The average Bonchev–Trinajstić information content (AvgIpc) is 2.65. The standard InChI is InChI=1S/C11H16N2O2/c1-8-3-10-11(15-7-14-10)4-9(8)5-13-6-12-2/h3-4,12-13H,5-7H2,1-2H3. The Morgan fingerprint density at radius 2 is 2.00 bits per heavy atom. The summed E-state index contributed by atoms with van der Waals surface area (Å²) >= 11 is 0. The molecule has 2 rings (SSSR count). The predicted molar refractivity (Wildman–Crippen MR) is 58.1 cm³/mol. The van der Waals surface area contributed by atoms with Crippen LogP contribution in [0.2, 0.25) is 0 Å². The van der Waals surface area contributed by atoms with E-state index in [4.69, 9.17) is 9.47 Å². The maximum atomic E-state index is 5.33. The van der Waals surface area contributed by atoms with Crippen molar-refractivity contribution in [2.45, 2.75) is 13.5 Å². The summed E-state index contributed by atoms with van der Waals surface area (Å²) in [5.74, 6) is 1.70. The Morgan fingerprint density at radius 3 is 2.73 bits per heavy atom. The molecule has 0 bridgehead atoms. The summed E-state index contributed by atoms with van der Waals surface area (Å²) < 4.78 is 10.6. The zero-order valence-electron chi connectivity index (χ0n) is 9.09. The van der Waals surface area contributed by atoms with Gasteiger partial charge in [-0.3, -0.25) is 0 Å². The fourth-order valence-electron chi connectivity index (χ4n) is 1.60. The van der Waals surface area contributed by atoms with E-state index in [-0.39, 0.29) is 0 Å². The van der Waals surface area contributed by atoms with Crippen molar-refractivity contribution in [3.63, 3.8) is 0 Å². The van der Waals surface area contributed by atoms with E-state index in [1.807, 2.05) is 19.2 Å². The van der Waals surface area contributed by atoms with Gasteiger partial charge >= 0.3 is 0 Å². The highest BCUT2D eigenvalue weighted by atomic mass is 16.7. The molecule has 15 heavy (non-hydrogen) atoms. The van der Waals surface area contributed by atoms with E-state index in [1.54, 1.807) is 0 Å². The molecule has 0 unspecified atom stereocenters. The maximum absolute atomic E-state index is 5.33. The summed E-state index contributed by atoms with van der Waals surface area (Å²) in [6.07, 6.45) is 0. The Balaban J connectivity index is 2.10. The quantitative estimate of drug-likeness (QED) is 0.572. The smallest absolute Gasteiger partial charge is 0.231 e. The topological polar surface area (TPSA) is 42.5 Å². The third kappa shape index (κ3) is 2.22. The van der Waals surface area contributed by atoms with E-state index in [1.165, 1.54) is 11.1 Å². The molecule has 82 valence electrons. The highest BCUT2D eigenvalue weighted by molar-refractivity contribution is 5.48.